The predicted molar refractivity (Wildman–Crippen MR) is 27.8 cm³/mol. The van der Waals surface area contributed by atoms with Crippen molar-refractivity contribution in [3.63, 3.8) is 0 Å². The SMILES string of the molecule is CSP([O-])([O-])=S.[Co+2]. The summed E-state index contributed by atoms with van der Waals surface area (Å²) in [6.07, 6.45) is 1.45. The Kier molecular flexibility index (Phi) is 6.94. The van der Waals surface area contributed by atoms with Crippen molar-refractivity contribution in [2.75, 3.05) is 6.26 Å². The van der Waals surface area contributed by atoms with Crippen LogP contribution in [0.25, 0.3) is 0 Å². The first kappa shape index (κ1) is 11.3. The van der Waals surface area contributed by atoms with Crippen LogP contribution in [0.2, 0.25) is 0 Å². The van der Waals surface area contributed by atoms with Gasteiger partial charge in [-0.15, -0.1) is 11.8 Å². The molecule has 0 fully saturated rings. The Morgan fingerprint density at radius 1 is 1.57 bits per heavy atom. The minimum atomic E-state index is -3.40. The third-order valence-electron chi connectivity index (χ3n) is 0.224. The summed E-state index contributed by atoms with van der Waals surface area (Å²) in [6.45, 7) is 0. The molecule has 0 aromatic heterocycles. The Morgan fingerprint density at radius 2 is 1.71 bits per heavy atom. The van der Waals surface area contributed by atoms with Crippen LogP contribution in [0, 0.1) is 0 Å². The normalized spacial score (nSPS) is 10.1. The van der Waals surface area contributed by atoms with E-state index < -0.39 is 5.69 Å². The fraction of sp³-hybridized carbons (Fsp3) is 1.00. The summed E-state index contributed by atoms with van der Waals surface area (Å²) in [5.74, 6) is 0. The van der Waals surface area contributed by atoms with Crippen molar-refractivity contribution in [2.24, 2.45) is 0 Å². The van der Waals surface area contributed by atoms with E-state index in [2.05, 4.69) is 11.8 Å². The minimum Gasteiger partial charge on any atom is -0.825 e. The average Bonchev–Trinajstić information content (AvgIpc) is 1.35. The van der Waals surface area contributed by atoms with E-state index in [1.165, 1.54) is 6.26 Å². The predicted octanol–water partition coefficient (Wildman–Crippen LogP) is -0.708. The minimum absolute atomic E-state index is 0. The van der Waals surface area contributed by atoms with Crippen LogP contribution in [-0.2, 0) is 28.6 Å². The Labute approximate surface area is 61.8 Å². The molecule has 0 amide bonds. The van der Waals surface area contributed by atoms with Gasteiger partial charge in [-0.3, -0.25) is 0 Å². The second kappa shape index (κ2) is 4.32. The third-order valence-corrected chi connectivity index (χ3v) is 3.35. The number of rotatable bonds is 1. The van der Waals surface area contributed by atoms with Gasteiger partial charge in [0.25, 0.3) is 0 Å². The molecule has 0 aromatic carbocycles. The summed E-state index contributed by atoms with van der Waals surface area (Å²) < 4.78 is 0. The maximum Gasteiger partial charge on any atom is 2.00 e. The van der Waals surface area contributed by atoms with Crippen LogP contribution >= 0.6 is 17.1 Å². The van der Waals surface area contributed by atoms with Crippen molar-refractivity contribution >= 4 is 28.9 Å². The van der Waals surface area contributed by atoms with Crippen molar-refractivity contribution in [1.82, 2.24) is 0 Å². The largest absolute Gasteiger partial charge is 2.00 e. The first-order valence-electron chi connectivity index (χ1n) is 1.14. The van der Waals surface area contributed by atoms with Gasteiger partial charge in [0.15, 0.2) is 0 Å². The third kappa shape index (κ3) is 11.2. The molecule has 0 saturated heterocycles. The van der Waals surface area contributed by atoms with Crippen LogP contribution < -0.4 is 9.79 Å². The Bertz CT molecular complexity index is 79.8. The van der Waals surface area contributed by atoms with Crippen LogP contribution in [0.5, 0.6) is 0 Å². The van der Waals surface area contributed by atoms with Crippen molar-refractivity contribution < 1.29 is 26.6 Å². The van der Waals surface area contributed by atoms with Crippen LogP contribution in [-0.4, -0.2) is 6.26 Å². The number of hydrogen-bond acceptors (Lipinski definition) is 4. The van der Waals surface area contributed by atoms with Gasteiger partial charge in [-0.2, -0.15) is 17.1 Å². The first-order valence-corrected chi connectivity index (χ1v) is 5.61. The summed E-state index contributed by atoms with van der Waals surface area (Å²) >= 11 is 4.65. The van der Waals surface area contributed by atoms with Crippen LogP contribution in [0.3, 0.4) is 0 Å². The van der Waals surface area contributed by atoms with Crippen molar-refractivity contribution in [1.29, 1.82) is 0 Å². The Morgan fingerprint density at radius 3 is 1.71 bits per heavy atom. The van der Waals surface area contributed by atoms with Gasteiger partial charge < -0.3 is 9.79 Å². The van der Waals surface area contributed by atoms with Gasteiger partial charge in [0, 0.05) is 0 Å². The molecule has 0 rings (SSSR count). The maximum atomic E-state index is 9.81. The van der Waals surface area contributed by atoms with E-state index in [0.29, 0.717) is 11.4 Å². The van der Waals surface area contributed by atoms with Gasteiger partial charge >= 0.3 is 16.8 Å². The molecule has 0 N–H and O–H groups in total. The molecular weight excluding hydrogens is 198 g/mol. The molecular formula is CH3CoO2PS2. The second-order valence-electron chi connectivity index (χ2n) is 0.630. The van der Waals surface area contributed by atoms with E-state index in [9.17, 15) is 9.79 Å². The van der Waals surface area contributed by atoms with E-state index in [0.717, 1.165) is 0 Å². The standard InChI is InChI=1S/CH5O2PS2.Co/c1-6-4(2,3)5;/h1H3,(H2,2,3,5);/q;+2/p-2. The molecule has 0 spiro atoms. The van der Waals surface area contributed by atoms with Gasteiger partial charge in [0.1, 0.15) is 0 Å². The van der Waals surface area contributed by atoms with Gasteiger partial charge in [0.2, 0.25) is 0 Å². The van der Waals surface area contributed by atoms with Crippen molar-refractivity contribution in [3.05, 3.63) is 0 Å². The molecule has 2 nitrogen and oxygen atoms in total. The van der Waals surface area contributed by atoms with Crippen LogP contribution in [0.1, 0.15) is 0 Å². The van der Waals surface area contributed by atoms with Crippen LogP contribution in [0.15, 0.2) is 0 Å². The van der Waals surface area contributed by atoms with E-state index in [-0.39, 0.29) is 16.8 Å². The molecule has 6 heteroatoms. The van der Waals surface area contributed by atoms with Gasteiger partial charge in [-0.05, 0) is 6.26 Å². The van der Waals surface area contributed by atoms with Gasteiger partial charge in [-0.25, -0.2) is 0 Å². The average molecular weight is 201 g/mol. The number of hydrogen-bond donors (Lipinski definition) is 0. The van der Waals surface area contributed by atoms with E-state index in [1.807, 2.05) is 0 Å². The second-order valence-corrected chi connectivity index (χ2v) is 6.56. The Balaban J connectivity index is 0. The monoisotopic (exact) mass is 201 g/mol. The molecule has 0 aliphatic carbocycles. The molecule has 0 bridgehead atoms. The molecule has 0 aromatic rings. The fourth-order valence-corrected chi connectivity index (χ4v) is 0. The van der Waals surface area contributed by atoms with Gasteiger partial charge in [0.05, 0.1) is 0 Å². The topological polar surface area (TPSA) is 46.1 Å². The molecule has 45 valence electrons. The maximum absolute atomic E-state index is 9.81. The van der Waals surface area contributed by atoms with E-state index in [1.54, 1.807) is 0 Å². The summed E-state index contributed by atoms with van der Waals surface area (Å²) in [6, 6.07) is 0. The molecule has 0 atom stereocenters. The Hall–Kier alpha value is 1.43. The zero-order valence-electron chi connectivity index (χ0n) is 3.41. The van der Waals surface area contributed by atoms with Crippen LogP contribution in [0.4, 0.5) is 0 Å². The zero-order chi connectivity index (χ0) is 5.21. The molecule has 0 aliphatic heterocycles. The molecule has 0 saturated carbocycles. The molecule has 7 heavy (non-hydrogen) atoms. The first-order chi connectivity index (χ1) is 2.56. The van der Waals surface area contributed by atoms with Crippen molar-refractivity contribution in [3.8, 4) is 0 Å². The van der Waals surface area contributed by atoms with Gasteiger partial charge in [-0.1, -0.05) is 0 Å². The smallest absolute Gasteiger partial charge is 0.825 e. The summed E-state index contributed by atoms with van der Waals surface area (Å²) in [5, 5.41) is 0. The van der Waals surface area contributed by atoms with Crippen molar-refractivity contribution in [2.45, 2.75) is 0 Å². The summed E-state index contributed by atoms with van der Waals surface area (Å²) in [5.41, 5.74) is -3.40. The zero-order valence-corrected chi connectivity index (χ0v) is 6.98. The molecule has 0 aliphatic rings. The quantitative estimate of drug-likeness (QED) is 0.526. The summed E-state index contributed by atoms with van der Waals surface area (Å²) in [4.78, 5) is 19.6. The molecule has 0 heterocycles. The molecule has 1 radical (unpaired) electrons. The summed E-state index contributed by atoms with van der Waals surface area (Å²) in [7, 11) is 0. The van der Waals surface area contributed by atoms with E-state index in [4.69, 9.17) is 0 Å². The molecule has 0 unspecified atom stereocenters. The fourth-order valence-electron chi connectivity index (χ4n) is 0. The van der Waals surface area contributed by atoms with E-state index >= 15 is 0 Å².